The van der Waals surface area contributed by atoms with Gasteiger partial charge in [0.25, 0.3) is 0 Å². The number of aromatic nitrogens is 1. The number of anilines is 1. The van der Waals surface area contributed by atoms with Gasteiger partial charge in [0.15, 0.2) is 0 Å². The molecule has 0 aromatic carbocycles. The molecule has 3 nitrogen and oxygen atoms in total. The average Bonchev–Trinajstić information content (AvgIpc) is 3.22. The first-order valence-electron chi connectivity index (χ1n) is 7.16. The number of nitrogens with one attached hydrogen (secondary N) is 1. The van der Waals surface area contributed by atoms with Crippen LogP contribution >= 0.6 is 0 Å². The zero-order valence-corrected chi connectivity index (χ0v) is 11.8. The Hall–Kier alpha value is -1.09. The molecule has 18 heavy (non-hydrogen) atoms. The number of pyridine rings is 1. The lowest BCUT2D eigenvalue weighted by molar-refractivity contribution is 0.584. The van der Waals surface area contributed by atoms with Gasteiger partial charge in [-0.25, -0.2) is 4.98 Å². The molecule has 1 heterocycles. The number of hydrogen-bond acceptors (Lipinski definition) is 3. The van der Waals surface area contributed by atoms with Crippen molar-refractivity contribution in [1.82, 2.24) is 10.3 Å². The molecule has 0 bridgehead atoms. The Labute approximate surface area is 111 Å². The highest BCUT2D eigenvalue weighted by molar-refractivity contribution is 5.39. The van der Waals surface area contributed by atoms with Crippen molar-refractivity contribution in [3.8, 4) is 0 Å². The highest BCUT2D eigenvalue weighted by atomic mass is 15.2. The van der Waals surface area contributed by atoms with Crippen LogP contribution in [-0.2, 0) is 6.54 Å². The lowest BCUT2D eigenvalue weighted by Crippen LogP contribution is -2.31. The van der Waals surface area contributed by atoms with Crippen LogP contribution in [0.3, 0.4) is 0 Å². The highest BCUT2D eigenvalue weighted by Gasteiger charge is 2.20. The van der Waals surface area contributed by atoms with Crippen molar-refractivity contribution in [1.29, 1.82) is 0 Å². The van der Waals surface area contributed by atoms with E-state index in [-0.39, 0.29) is 0 Å². The molecule has 0 spiro atoms. The number of nitrogens with zero attached hydrogens (tertiary/aromatic N) is 2. The Morgan fingerprint density at radius 3 is 2.67 bits per heavy atom. The molecular formula is C15H25N3. The van der Waals surface area contributed by atoms with Crippen molar-refractivity contribution >= 4 is 5.82 Å². The monoisotopic (exact) mass is 247 g/mol. The fourth-order valence-corrected chi connectivity index (χ4v) is 2.32. The fourth-order valence-electron chi connectivity index (χ4n) is 2.32. The summed E-state index contributed by atoms with van der Waals surface area (Å²) in [4.78, 5) is 7.06. The van der Waals surface area contributed by atoms with Crippen LogP contribution in [0.2, 0.25) is 0 Å². The zero-order chi connectivity index (χ0) is 13.0. The van der Waals surface area contributed by atoms with Gasteiger partial charge in [0, 0.05) is 25.7 Å². The van der Waals surface area contributed by atoms with Crippen molar-refractivity contribution in [3.05, 3.63) is 23.9 Å². The molecule has 0 unspecified atom stereocenters. The zero-order valence-electron chi connectivity index (χ0n) is 11.8. The van der Waals surface area contributed by atoms with E-state index in [1.54, 1.807) is 0 Å². The van der Waals surface area contributed by atoms with Crippen molar-refractivity contribution in [2.75, 3.05) is 11.9 Å². The number of hydrogen-bond donors (Lipinski definition) is 1. The van der Waals surface area contributed by atoms with E-state index in [0.29, 0.717) is 6.04 Å². The first kappa shape index (κ1) is 13.3. The van der Waals surface area contributed by atoms with Gasteiger partial charge >= 0.3 is 0 Å². The second-order valence-electron chi connectivity index (χ2n) is 5.22. The summed E-state index contributed by atoms with van der Waals surface area (Å²) in [6.07, 6.45) is 4.99. The Morgan fingerprint density at radius 2 is 2.06 bits per heavy atom. The summed E-state index contributed by atoms with van der Waals surface area (Å²) in [5, 5.41) is 3.52. The second kappa shape index (κ2) is 6.19. The standard InChI is InChI=1S/C15H25N3/c1-4-14(5-2)18(3)15-8-6-7-13(17-15)11-16-12-9-10-12/h6-8,12,14,16H,4-5,9-11H2,1-3H3. The minimum Gasteiger partial charge on any atom is -0.357 e. The van der Waals surface area contributed by atoms with E-state index in [0.717, 1.165) is 24.1 Å². The van der Waals surface area contributed by atoms with Crippen LogP contribution in [0.25, 0.3) is 0 Å². The van der Waals surface area contributed by atoms with Crippen LogP contribution in [0, 0.1) is 0 Å². The van der Waals surface area contributed by atoms with Gasteiger partial charge in [0.1, 0.15) is 5.82 Å². The van der Waals surface area contributed by atoms with Crippen molar-refractivity contribution in [2.24, 2.45) is 0 Å². The Balaban J connectivity index is 2.00. The average molecular weight is 247 g/mol. The third-order valence-electron chi connectivity index (χ3n) is 3.79. The summed E-state index contributed by atoms with van der Waals surface area (Å²) in [7, 11) is 2.15. The van der Waals surface area contributed by atoms with E-state index in [9.17, 15) is 0 Å². The van der Waals surface area contributed by atoms with Gasteiger partial charge in [-0.1, -0.05) is 19.9 Å². The molecular weight excluding hydrogens is 222 g/mol. The topological polar surface area (TPSA) is 28.2 Å². The van der Waals surface area contributed by atoms with Gasteiger partial charge in [-0.15, -0.1) is 0 Å². The molecule has 1 N–H and O–H groups in total. The maximum Gasteiger partial charge on any atom is 0.128 e. The molecule has 1 fully saturated rings. The highest BCUT2D eigenvalue weighted by Crippen LogP contribution is 2.20. The van der Waals surface area contributed by atoms with Crippen LogP contribution in [-0.4, -0.2) is 24.1 Å². The normalized spacial score (nSPS) is 15.1. The molecule has 0 aliphatic heterocycles. The Morgan fingerprint density at radius 1 is 1.33 bits per heavy atom. The summed E-state index contributed by atoms with van der Waals surface area (Å²) < 4.78 is 0. The second-order valence-corrected chi connectivity index (χ2v) is 5.22. The molecule has 0 amide bonds. The molecule has 1 aromatic rings. The third kappa shape index (κ3) is 3.45. The predicted octanol–water partition coefficient (Wildman–Crippen LogP) is 2.96. The van der Waals surface area contributed by atoms with E-state index in [1.807, 2.05) is 0 Å². The van der Waals surface area contributed by atoms with E-state index in [1.165, 1.54) is 25.7 Å². The summed E-state index contributed by atoms with van der Waals surface area (Å²) in [5.41, 5.74) is 1.15. The lowest BCUT2D eigenvalue weighted by atomic mass is 10.1. The van der Waals surface area contributed by atoms with Crippen LogP contribution in [0.15, 0.2) is 18.2 Å². The SMILES string of the molecule is CCC(CC)N(C)c1cccc(CNC2CC2)n1. The molecule has 1 aliphatic rings. The first-order chi connectivity index (χ1) is 8.74. The van der Waals surface area contributed by atoms with E-state index < -0.39 is 0 Å². The smallest absolute Gasteiger partial charge is 0.128 e. The Bertz CT molecular complexity index is 370. The quantitative estimate of drug-likeness (QED) is 0.803. The first-order valence-corrected chi connectivity index (χ1v) is 7.16. The minimum atomic E-state index is 0.587. The number of rotatable bonds is 7. The summed E-state index contributed by atoms with van der Waals surface area (Å²) in [6, 6.07) is 7.67. The molecule has 100 valence electrons. The molecule has 2 rings (SSSR count). The van der Waals surface area contributed by atoms with Crippen molar-refractivity contribution in [3.63, 3.8) is 0 Å². The van der Waals surface area contributed by atoms with Gasteiger partial charge < -0.3 is 10.2 Å². The Kier molecular flexibility index (Phi) is 4.59. The van der Waals surface area contributed by atoms with Gasteiger partial charge in [-0.3, -0.25) is 0 Å². The molecule has 1 aromatic heterocycles. The van der Waals surface area contributed by atoms with Gasteiger partial charge in [0.05, 0.1) is 5.69 Å². The van der Waals surface area contributed by atoms with Crippen LogP contribution in [0.5, 0.6) is 0 Å². The molecule has 1 aliphatic carbocycles. The van der Waals surface area contributed by atoms with Gasteiger partial charge in [-0.2, -0.15) is 0 Å². The minimum absolute atomic E-state index is 0.587. The van der Waals surface area contributed by atoms with E-state index >= 15 is 0 Å². The van der Waals surface area contributed by atoms with E-state index in [4.69, 9.17) is 4.98 Å². The summed E-state index contributed by atoms with van der Waals surface area (Å²) in [6.45, 7) is 5.38. The largest absolute Gasteiger partial charge is 0.357 e. The maximum atomic E-state index is 4.75. The fraction of sp³-hybridized carbons (Fsp3) is 0.667. The van der Waals surface area contributed by atoms with Crippen LogP contribution in [0.1, 0.15) is 45.2 Å². The molecule has 0 saturated heterocycles. The lowest BCUT2D eigenvalue weighted by Gasteiger charge is -2.27. The summed E-state index contributed by atoms with van der Waals surface area (Å²) >= 11 is 0. The molecule has 1 saturated carbocycles. The predicted molar refractivity (Wildman–Crippen MR) is 76.9 cm³/mol. The summed E-state index contributed by atoms with van der Waals surface area (Å²) in [5.74, 6) is 1.10. The molecule has 0 radical (unpaired) electrons. The van der Waals surface area contributed by atoms with Crippen molar-refractivity contribution < 1.29 is 0 Å². The third-order valence-corrected chi connectivity index (χ3v) is 3.79. The van der Waals surface area contributed by atoms with Crippen LogP contribution in [0.4, 0.5) is 5.82 Å². The van der Waals surface area contributed by atoms with Crippen LogP contribution < -0.4 is 10.2 Å². The molecule has 3 heteroatoms. The van der Waals surface area contributed by atoms with Gasteiger partial charge in [0.2, 0.25) is 0 Å². The maximum absolute atomic E-state index is 4.75. The van der Waals surface area contributed by atoms with Gasteiger partial charge in [-0.05, 0) is 37.8 Å². The van der Waals surface area contributed by atoms with Crippen molar-refractivity contribution in [2.45, 2.75) is 58.2 Å². The molecule has 0 atom stereocenters. The van der Waals surface area contributed by atoms with E-state index in [2.05, 4.69) is 49.3 Å².